The van der Waals surface area contributed by atoms with Crippen molar-refractivity contribution in [3.63, 3.8) is 0 Å². The summed E-state index contributed by atoms with van der Waals surface area (Å²) in [6.07, 6.45) is 1.06. The maximum Gasteiger partial charge on any atom is 0.260 e. The molecule has 35 heavy (non-hydrogen) atoms. The Bertz CT molecular complexity index is 1350. The van der Waals surface area contributed by atoms with Crippen molar-refractivity contribution in [2.75, 3.05) is 22.4 Å². The molecule has 0 saturated carbocycles. The molecular formula is C26H28N4O4S. The fraction of sp³-hybridized carbons (Fsp3) is 0.192. The summed E-state index contributed by atoms with van der Waals surface area (Å²) in [6.45, 7) is 5.02. The first-order valence-electron chi connectivity index (χ1n) is 10.9. The minimum Gasteiger partial charge on any atom is -0.322 e. The summed E-state index contributed by atoms with van der Waals surface area (Å²) in [7, 11) is -3.69. The Morgan fingerprint density at radius 2 is 1.54 bits per heavy atom. The van der Waals surface area contributed by atoms with Crippen LogP contribution in [0.15, 0.2) is 77.9 Å². The first-order chi connectivity index (χ1) is 16.6. The van der Waals surface area contributed by atoms with Crippen LogP contribution in [0.2, 0.25) is 0 Å². The zero-order chi connectivity index (χ0) is 25.6. The van der Waals surface area contributed by atoms with Crippen LogP contribution in [0, 0.1) is 13.8 Å². The average molecular weight is 493 g/mol. The van der Waals surface area contributed by atoms with Crippen LogP contribution in [0.3, 0.4) is 0 Å². The van der Waals surface area contributed by atoms with E-state index in [1.54, 1.807) is 67.6 Å². The molecule has 0 aromatic heterocycles. The van der Waals surface area contributed by atoms with Crippen LogP contribution in [0.5, 0.6) is 0 Å². The highest BCUT2D eigenvalue weighted by Crippen LogP contribution is 2.24. The number of sulfonamides is 1. The van der Waals surface area contributed by atoms with Crippen molar-refractivity contribution in [1.82, 2.24) is 5.43 Å². The SMILES string of the molecule is C/C(=N/NC(=O)CN(c1cccc(C)c1C)S(C)(=O)=O)c1ccc(NC(=O)c2ccccc2)cc1. The molecule has 0 unspecified atom stereocenters. The Hall–Kier alpha value is -3.98. The number of hydrazone groups is 1. The van der Waals surface area contributed by atoms with Crippen LogP contribution in [-0.2, 0) is 14.8 Å². The molecule has 9 heteroatoms. The van der Waals surface area contributed by atoms with E-state index >= 15 is 0 Å². The van der Waals surface area contributed by atoms with Crippen LogP contribution >= 0.6 is 0 Å². The van der Waals surface area contributed by atoms with Crippen molar-refractivity contribution in [3.8, 4) is 0 Å². The summed E-state index contributed by atoms with van der Waals surface area (Å²) in [6, 6.07) is 21.2. The minimum absolute atomic E-state index is 0.213. The van der Waals surface area contributed by atoms with Gasteiger partial charge in [-0.15, -0.1) is 0 Å². The summed E-state index contributed by atoms with van der Waals surface area (Å²) in [5, 5.41) is 6.93. The second-order valence-corrected chi connectivity index (χ2v) is 10.0. The Balaban J connectivity index is 1.66. The molecule has 2 amide bonds. The molecule has 3 aromatic carbocycles. The van der Waals surface area contributed by atoms with Gasteiger partial charge in [0.15, 0.2) is 0 Å². The smallest absolute Gasteiger partial charge is 0.260 e. The van der Waals surface area contributed by atoms with Crippen LogP contribution in [-0.4, -0.2) is 38.7 Å². The molecule has 8 nitrogen and oxygen atoms in total. The second kappa shape index (κ2) is 11.0. The van der Waals surface area contributed by atoms with Gasteiger partial charge in [-0.1, -0.05) is 42.5 Å². The maximum absolute atomic E-state index is 12.5. The number of hydrogen-bond donors (Lipinski definition) is 2. The minimum atomic E-state index is -3.69. The summed E-state index contributed by atoms with van der Waals surface area (Å²) >= 11 is 0. The predicted molar refractivity (Wildman–Crippen MR) is 139 cm³/mol. The van der Waals surface area contributed by atoms with Crippen LogP contribution in [0.4, 0.5) is 11.4 Å². The molecule has 0 heterocycles. The Morgan fingerprint density at radius 1 is 0.886 bits per heavy atom. The van der Waals surface area contributed by atoms with E-state index < -0.39 is 22.5 Å². The molecule has 3 rings (SSSR count). The fourth-order valence-electron chi connectivity index (χ4n) is 3.35. The summed E-state index contributed by atoms with van der Waals surface area (Å²) in [5.74, 6) is -0.780. The largest absolute Gasteiger partial charge is 0.322 e. The third-order valence-electron chi connectivity index (χ3n) is 5.48. The van der Waals surface area contributed by atoms with E-state index in [4.69, 9.17) is 0 Å². The van der Waals surface area contributed by atoms with Crippen molar-refractivity contribution < 1.29 is 18.0 Å². The van der Waals surface area contributed by atoms with Gasteiger partial charge in [0.2, 0.25) is 10.0 Å². The number of nitrogens with zero attached hydrogens (tertiary/aromatic N) is 2. The van der Waals surface area contributed by atoms with Crippen molar-refractivity contribution in [1.29, 1.82) is 0 Å². The number of carbonyl (C=O) groups excluding carboxylic acids is 2. The van der Waals surface area contributed by atoms with Crippen molar-refractivity contribution in [2.45, 2.75) is 20.8 Å². The van der Waals surface area contributed by atoms with Gasteiger partial charge in [-0.25, -0.2) is 13.8 Å². The molecule has 0 fully saturated rings. The van der Waals surface area contributed by atoms with Gasteiger partial charge in [0.05, 0.1) is 17.7 Å². The van der Waals surface area contributed by atoms with Crippen LogP contribution in [0.1, 0.15) is 34.0 Å². The van der Waals surface area contributed by atoms with Gasteiger partial charge in [0.25, 0.3) is 11.8 Å². The molecule has 0 aliphatic rings. The summed E-state index contributed by atoms with van der Waals surface area (Å²) in [4.78, 5) is 24.8. The number of nitrogens with one attached hydrogen (secondary N) is 2. The van der Waals surface area contributed by atoms with E-state index in [-0.39, 0.29) is 5.91 Å². The van der Waals surface area contributed by atoms with E-state index in [9.17, 15) is 18.0 Å². The van der Waals surface area contributed by atoms with Crippen molar-refractivity contribution in [2.24, 2.45) is 5.10 Å². The molecule has 0 spiro atoms. The molecule has 2 N–H and O–H groups in total. The molecule has 0 bridgehead atoms. The van der Waals surface area contributed by atoms with E-state index in [1.165, 1.54) is 0 Å². The Labute approximate surface area is 205 Å². The Morgan fingerprint density at radius 3 is 2.17 bits per heavy atom. The van der Waals surface area contributed by atoms with Gasteiger partial charge >= 0.3 is 0 Å². The number of rotatable bonds is 8. The predicted octanol–water partition coefficient (Wildman–Crippen LogP) is 3.86. The lowest BCUT2D eigenvalue weighted by Crippen LogP contribution is -2.39. The quantitative estimate of drug-likeness (QED) is 0.368. The lowest BCUT2D eigenvalue weighted by Gasteiger charge is -2.24. The first-order valence-corrected chi connectivity index (χ1v) is 12.7. The van der Waals surface area contributed by atoms with Gasteiger partial charge in [-0.2, -0.15) is 5.10 Å². The van der Waals surface area contributed by atoms with Crippen LogP contribution in [0.25, 0.3) is 0 Å². The molecule has 0 radical (unpaired) electrons. The number of carbonyl (C=O) groups is 2. The monoisotopic (exact) mass is 492 g/mol. The molecule has 182 valence electrons. The molecule has 0 saturated heterocycles. The number of amides is 2. The molecular weight excluding hydrogens is 464 g/mol. The van der Waals surface area contributed by atoms with Gasteiger partial charge in [-0.3, -0.25) is 13.9 Å². The van der Waals surface area contributed by atoms with Gasteiger partial charge < -0.3 is 5.32 Å². The summed E-state index contributed by atoms with van der Waals surface area (Å²) in [5.41, 5.74) is 7.03. The van der Waals surface area contributed by atoms with Crippen molar-refractivity contribution >= 4 is 38.9 Å². The van der Waals surface area contributed by atoms with E-state index in [2.05, 4.69) is 15.8 Å². The Kier molecular flexibility index (Phi) is 8.03. The van der Waals surface area contributed by atoms with Crippen molar-refractivity contribution in [3.05, 3.63) is 95.1 Å². The van der Waals surface area contributed by atoms with E-state index in [0.29, 0.717) is 22.6 Å². The molecule has 0 aliphatic heterocycles. The maximum atomic E-state index is 12.5. The normalized spacial score (nSPS) is 11.6. The number of anilines is 2. The summed E-state index contributed by atoms with van der Waals surface area (Å²) < 4.78 is 25.8. The fourth-order valence-corrected chi connectivity index (χ4v) is 4.26. The number of hydrogen-bond acceptors (Lipinski definition) is 5. The first kappa shape index (κ1) is 25.6. The number of benzene rings is 3. The van der Waals surface area contributed by atoms with Gasteiger partial charge in [0.1, 0.15) is 6.54 Å². The van der Waals surface area contributed by atoms with Gasteiger partial charge in [0, 0.05) is 11.3 Å². The lowest BCUT2D eigenvalue weighted by molar-refractivity contribution is -0.119. The third-order valence-corrected chi connectivity index (χ3v) is 6.60. The topological polar surface area (TPSA) is 108 Å². The average Bonchev–Trinajstić information content (AvgIpc) is 2.83. The lowest BCUT2D eigenvalue weighted by atomic mass is 10.1. The van der Waals surface area contributed by atoms with Crippen LogP contribution < -0.4 is 15.0 Å². The highest BCUT2D eigenvalue weighted by molar-refractivity contribution is 7.92. The third kappa shape index (κ3) is 6.77. The zero-order valence-corrected chi connectivity index (χ0v) is 20.9. The number of aryl methyl sites for hydroxylation is 1. The van der Waals surface area contributed by atoms with Gasteiger partial charge in [-0.05, 0) is 67.8 Å². The molecule has 0 aliphatic carbocycles. The van der Waals surface area contributed by atoms with E-state index in [1.807, 2.05) is 26.0 Å². The van der Waals surface area contributed by atoms with E-state index in [0.717, 1.165) is 27.3 Å². The molecule has 0 atom stereocenters. The molecule has 3 aromatic rings. The standard InChI is InChI=1S/C26H28N4O4S/c1-18-9-8-12-24(19(18)2)30(35(4,33)34)17-25(31)29-28-20(3)21-13-15-23(16-14-21)27-26(32)22-10-6-5-7-11-22/h5-16H,17H2,1-4H3,(H,27,32)(H,29,31)/b28-20-. The highest BCUT2D eigenvalue weighted by Gasteiger charge is 2.22. The second-order valence-electron chi connectivity index (χ2n) is 8.12. The highest BCUT2D eigenvalue weighted by atomic mass is 32.2. The zero-order valence-electron chi connectivity index (χ0n) is 20.1.